The van der Waals surface area contributed by atoms with Crippen molar-refractivity contribution in [1.82, 2.24) is 0 Å². The first-order chi connectivity index (χ1) is 23.2. The zero-order chi connectivity index (χ0) is 33.9. The van der Waals surface area contributed by atoms with Crippen LogP contribution in [0.1, 0.15) is 54.2 Å². The molecule has 6 rings (SSSR count). The van der Waals surface area contributed by atoms with Crippen LogP contribution in [0.3, 0.4) is 0 Å². The second-order valence-electron chi connectivity index (χ2n) is 12.6. The van der Waals surface area contributed by atoms with Crippen LogP contribution < -0.4 is 4.90 Å². The Morgan fingerprint density at radius 2 is 1.46 bits per heavy atom. The third-order valence-electron chi connectivity index (χ3n) is 9.54. The molecular weight excluding hydrogens is 617 g/mol. The van der Waals surface area contributed by atoms with Crippen molar-refractivity contribution in [2.24, 2.45) is 5.92 Å². The van der Waals surface area contributed by atoms with E-state index in [-0.39, 0.29) is 36.7 Å². The van der Waals surface area contributed by atoms with Crippen molar-refractivity contribution in [2.75, 3.05) is 11.5 Å². The third-order valence-corrected chi connectivity index (χ3v) is 9.54. The van der Waals surface area contributed by atoms with Gasteiger partial charge in [-0.3, -0.25) is 4.79 Å². The van der Waals surface area contributed by atoms with E-state index >= 15 is 0 Å². The fourth-order valence-corrected chi connectivity index (χ4v) is 6.85. The molecule has 2 aliphatic rings. The molecule has 2 fully saturated rings. The molecular formula is C38H40FNO8. The Morgan fingerprint density at radius 3 is 2.15 bits per heavy atom. The van der Waals surface area contributed by atoms with E-state index in [4.69, 9.17) is 4.74 Å². The van der Waals surface area contributed by atoms with Gasteiger partial charge in [-0.25, -0.2) is 4.39 Å². The second-order valence-corrected chi connectivity index (χ2v) is 12.6. The summed E-state index contributed by atoms with van der Waals surface area (Å²) in [4.78, 5) is 15.2. The molecule has 0 spiro atoms. The highest BCUT2D eigenvalue weighted by atomic mass is 19.1. The van der Waals surface area contributed by atoms with Gasteiger partial charge in [0, 0.05) is 12.3 Å². The lowest BCUT2D eigenvalue weighted by Gasteiger charge is -2.48. The Bertz CT molecular complexity index is 1670. The first kappa shape index (κ1) is 33.9. The van der Waals surface area contributed by atoms with E-state index in [1.807, 2.05) is 60.7 Å². The Hall–Kier alpha value is -4.00. The van der Waals surface area contributed by atoms with E-state index in [2.05, 4.69) is 0 Å². The maximum Gasteiger partial charge on any atom is 0.233 e. The molecule has 10 heteroatoms. The third kappa shape index (κ3) is 6.79. The van der Waals surface area contributed by atoms with Crippen LogP contribution in [0.25, 0.3) is 11.1 Å². The molecule has 0 aromatic heterocycles. The zero-order valence-corrected chi connectivity index (χ0v) is 26.2. The van der Waals surface area contributed by atoms with Crippen LogP contribution in [-0.4, -0.2) is 73.7 Å². The number of para-hydroxylation sites is 1. The van der Waals surface area contributed by atoms with Crippen molar-refractivity contribution in [3.8, 4) is 11.1 Å². The number of carbonyl (C=O) groups is 1. The number of anilines is 1. The molecule has 6 N–H and O–H groups in total. The molecule has 48 heavy (non-hydrogen) atoms. The molecule has 0 bridgehead atoms. The van der Waals surface area contributed by atoms with E-state index in [1.165, 1.54) is 12.1 Å². The lowest BCUT2D eigenvalue weighted by atomic mass is 9.78. The average molecular weight is 658 g/mol. The largest absolute Gasteiger partial charge is 0.396 e. The van der Waals surface area contributed by atoms with Crippen LogP contribution in [0.15, 0.2) is 103 Å². The smallest absolute Gasteiger partial charge is 0.233 e. The number of benzene rings is 4. The molecule has 0 radical (unpaired) electrons. The summed E-state index contributed by atoms with van der Waals surface area (Å²) >= 11 is 0. The van der Waals surface area contributed by atoms with Crippen molar-refractivity contribution < 1.29 is 44.6 Å². The van der Waals surface area contributed by atoms with Gasteiger partial charge < -0.3 is 40.3 Å². The molecule has 0 aliphatic carbocycles. The average Bonchev–Trinajstić information content (AvgIpc) is 3.11. The quantitative estimate of drug-likeness (QED) is 0.133. The number of aliphatic hydroxyl groups is 6. The van der Waals surface area contributed by atoms with E-state index in [1.54, 1.807) is 35.2 Å². The molecule has 9 atom stereocenters. The Morgan fingerprint density at radius 1 is 0.750 bits per heavy atom. The number of aliphatic hydroxyl groups excluding tert-OH is 6. The maximum absolute atomic E-state index is 13.5. The molecule has 2 heterocycles. The van der Waals surface area contributed by atoms with Crippen LogP contribution in [0.5, 0.6) is 0 Å². The van der Waals surface area contributed by atoms with Crippen molar-refractivity contribution in [2.45, 2.75) is 68.0 Å². The summed E-state index contributed by atoms with van der Waals surface area (Å²) in [5.41, 5.74) is 4.35. The molecule has 2 aliphatic heterocycles. The van der Waals surface area contributed by atoms with Crippen molar-refractivity contribution >= 4 is 11.6 Å². The van der Waals surface area contributed by atoms with Gasteiger partial charge in [-0.15, -0.1) is 0 Å². The number of halogens is 1. The number of nitrogens with zero attached hydrogens (tertiary/aromatic N) is 1. The van der Waals surface area contributed by atoms with E-state index in [9.17, 15) is 39.8 Å². The summed E-state index contributed by atoms with van der Waals surface area (Å²) in [6.45, 7) is -0.296. The molecule has 4 aromatic carbocycles. The maximum atomic E-state index is 13.5. The van der Waals surface area contributed by atoms with Crippen LogP contribution in [-0.2, 0) is 9.53 Å². The van der Waals surface area contributed by atoms with Crippen molar-refractivity contribution in [3.05, 3.63) is 126 Å². The predicted octanol–water partition coefficient (Wildman–Crippen LogP) is 3.98. The van der Waals surface area contributed by atoms with Crippen LogP contribution >= 0.6 is 0 Å². The minimum absolute atomic E-state index is 0.0323. The minimum Gasteiger partial charge on any atom is -0.396 e. The fraction of sp³-hybridized carbons (Fsp3) is 0.342. The van der Waals surface area contributed by atoms with Crippen LogP contribution in [0, 0.1) is 11.7 Å². The predicted molar refractivity (Wildman–Crippen MR) is 176 cm³/mol. The van der Waals surface area contributed by atoms with Gasteiger partial charge >= 0.3 is 0 Å². The number of hydrogen-bond acceptors (Lipinski definition) is 8. The molecule has 9 nitrogen and oxygen atoms in total. The Kier molecular flexibility index (Phi) is 10.3. The van der Waals surface area contributed by atoms with Gasteiger partial charge in [-0.05, 0) is 77.4 Å². The molecule has 4 unspecified atom stereocenters. The Balaban J connectivity index is 1.21. The lowest BCUT2D eigenvalue weighted by molar-refractivity contribution is -0.246. The number of ether oxygens (including phenoxy) is 1. The van der Waals surface area contributed by atoms with Crippen LogP contribution in [0.4, 0.5) is 10.1 Å². The van der Waals surface area contributed by atoms with Gasteiger partial charge in [-0.2, -0.15) is 0 Å². The second kappa shape index (κ2) is 14.6. The SMILES string of the molecule is O=C1C(CCC(O)c2ccc(F)cc2)[C@@H](c2ccc(-c3cccc([C@H](O)C4OC(CCO)[C@H](O)[C@@H](O)[C@@H]4O)c3)cc2)N1c1ccccc1. The minimum atomic E-state index is -1.55. The number of hydrogen-bond donors (Lipinski definition) is 6. The van der Waals surface area contributed by atoms with Gasteiger partial charge in [0.25, 0.3) is 0 Å². The van der Waals surface area contributed by atoms with Crippen molar-refractivity contribution in [3.63, 3.8) is 0 Å². The highest BCUT2D eigenvalue weighted by Gasteiger charge is 2.49. The first-order valence-electron chi connectivity index (χ1n) is 16.2. The summed E-state index contributed by atoms with van der Waals surface area (Å²) in [5, 5.41) is 62.5. The topological polar surface area (TPSA) is 151 Å². The van der Waals surface area contributed by atoms with E-state index in [0.29, 0.717) is 24.0 Å². The van der Waals surface area contributed by atoms with Gasteiger partial charge in [0.05, 0.1) is 24.2 Å². The fourth-order valence-electron chi connectivity index (χ4n) is 6.85. The molecule has 4 aromatic rings. The molecule has 2 saturated heterocycles. The number of β-lactam (4-membered cyclic amide) rings is 1. The number of carbonyl (C=O) groups excluding carboxylic acids is 1. The summed E-state index contributed by atoms with van der Waals surface area (Å²) in [6, 6.07) is 29.7. The van der Waals surface area contributed by atoms with Gasteiger partial charge in [0.15, 0.2) is 0 Å². The molecule has 0 saturated carbocycles. The molecule has 1 amide bonds. The monoisotopic (exact) mass is 657 g/mol. The number of rotatable bonds is 11. The van der Waals surface area contributed by atoms with Crippen molar-refractivity contribution in [1.29, 1.82) is 0 Å². The Labute approximate surface area is 278 Å². The summed E-state index contributed by atoms with van der Waals surface area (Å²) in [5.74, 6) is -0.778. The normalized spacial score (nSPS) is 26.9. The van der Waals surface area contributed by atoms with Gasteiger partial charge in [0.2, 0.25) is 5.91 Å². The number of amides is 1. The van der Waals surface area contributed by atoms with Crippen LogP contribution in [0.2, 0.25) is 0 Å². The van der Waals surface area contributed by atoms with E-state index in [0.717, 1.165) is 22.4 Å². The highest BCUT2D eigenvalue weighted by molar-refractivity contribution is 6.03. The van der Waals surface area contributed by atoms with Gasteiger partial charge in [-0.1, -0.05) is 72.8 Å². The summed E-state index contributed by atoms with van der Waals surface area (Å²) in [7, 11) is 0. The standard InChI is InChI=1S/C38H40FNO8/c39-27-15-13-23(14-16-27)30(42)18-17-29-32(40(38(29)47)28-7-2-1-3-8-28)24-11-9-22(10-12-24)25-5-4-6-26(21-25)33(43)37-36(46)35(45)34(44)31(48-37)19-20-41/h1-16,21,29-37,41-46H,17-20H2/t29?,30?,31?,32-,33+,34+,35-,36+,37?/m1/s1. The van der Waals surface area contributed by atoms with Gasteiger partial charge in [0.1, 0.15) is 36.3 Å². The first-order valence-corrected chi connectivity index (χ1v) is 16.2. The van der Waals surface area contributed by atoms with E-state index < -0.39 is 42.7 Å². The lowest BCUT2D eigenvalue weighted by Crippen LogP contribution is -2.59. The zero-order valence-electron chi connectivity index (χ0n) is 26.2. The molecule has 252 valence electrons. The summed E-state index contributed by atoms with van der Waals surface area (Å²) in [6.07, 6.45) is -8.02. The summed E-state index contributed by atoms with van der Waals surface area (Å²) < 4.78 is 19.1. The highest BCUT2D eigenvalue weighted by Crippen LogP contribution is 2.46.